The Morgan fingerprint density at radius 2 is 1.69 bits per heavy atom. The maximum absolute atomic E-state index is 13.2. The Morgan fingerprint density at radius 1 is 1.15 bits per heavy atom. The molecule has 4 atom stereocenters. The van der Waals surface area contributed by atoms with Gasteiger partial charge in [-0.3, -0.25) is 9.59 Å². The van der Waals surface area contributed by atoms with Crippen molar-refractivity contribution >= 4 is 17.5 Å². The zero-order valence-electron chi connectivity index (χ0n) is 14.1. The molecule has 3 aliphatic heterocycles. The molecule has 5 nitrogen and oxygen atoms in total. The second-order valence-corrected chi connectivity index (χ2v) is 7.77. The van der Waals surface area contributed by atoms with Crippen molar-refractivity contribution in [1.82, 2.24) is 5.32 Å². The zero-order chi connectivity index (χ0) is 19.1. The van der Waals surface area contributed by atoms with Gasteiger partial charge < -0.3 is 5.32 Å². The number of nitriles is 1. The third-order valence-corrected chi connectivity index (χ3v) is 6.10. The van der Waals surface area contributed by atoms with Crippen LogP contribution in [0.1, 0.15) is 37.8 Å². The number of amides is 2. The van der Waals surface area contributed by atoms with E-state index in [0.717, 1.165) is 29.9 Å². The van der Waals surface area contributed by atoms with Crippen molar-refractivity contribution < 1.29 is 22.8 Å². The molecule has 4 rings (SSSR count). The Morgan fingerprint density at radius 3 is 2.15 bits per heavy atom. The third-order valence-electron chi connectivity index (χ3n) is 6.10. The van der Waals surface area contributed by atoms with Gasteiger partial charge in [-0.25, -0.2) is 4.90 Å². The first-order chi connectivity index (χ1) is 12.0. The smallest absolute Gasteiger partial charge is 0.305 e. The molecule has 2 amide bonds. The summed E-state index contributed by atoms with van der Waals surface area (Å²) < 4.78 is 39.7. The molecule has 136 valence electrons. The largest absolute Gasteiger partial charge is 0.417 e. The molecule has 2 unspecified atom stereocenters. The van der Waals surface area contributed by atoms with Crippen molar-refractivity contribution in [3.63, 3.8) is 0 Å². The first-order valence-electron chi connectivity index (χ1n) is 8.30. The van der Waals surface area contributed by atoms with E-state index in [9.17, 15) is 22.8 Å². The zero-order valence-corrected chi connectivity index (χ0v) is 14.1. The van der Waals surface area contributed by atoms with E-state index in [1.807, 2.05) is 13.8 Å². The van der Waals surface area contributed by atoms with Crippen LogP contribution in [0.5, 0.6) is 0 Å². The standard InChI is InChI=1S/C18H16F3N3O2/c1-16-5-6-17(2,23-16)13-12(16)14(25)24(15(13)26)10-4-3-9(8-22)11(7-10)18(19,20)21/h3-4,7,12-13,23H,5-6H2,1-2H3/t12-,13+,16?,17?. The van der Waals surface area contributed by atoms with Gasteiger partial charge in [0.15, 0.2) is 0 Å². The summed E-state index contributed by atoms with van der Waals surface area (Å²) in [4.78, 5) is 26.8. The van der Waals surface area contributed by atoms with Crippen LogP contribution in [0.15, 0.2) is 18.2 Å². The number of rotatable bonds is 1. The van der Waals surface area contributed by atoms with Crippen LogP contribution in [0.2, 0.25) is 0 Å². The minimum absolute atomic E-state index is 0.132. The van der Waals surface area contributed by atoms with E-state index < -0.39 is 52.0 Å². The van der Waals surface area contributed by atoms with Crippen molar-refractivity contribution in [3.8, 4) is 6.07 Å². The molecule has 1 aromatic rings. The molecule has 3 fully saturated rings. The number of benzene rings is 1. The number of carbonyl (C=O) groups is 2. The molecule has 3 heterocycles. The van der Waals surface area contributed by atoms with Gasteiger partial charge in [-0.2, -0.15) is 18.4 Å². The summed E-state index contributed by atoms with van der Waals surface area (Å²) in [7, 11) is 0. The highest BCUT2D eigenvalue weighted by molar-refractivity contribution is 6.23. The van der Waals surface area contributed by atoms with Gasteiger partial charge in [-0.1, -0.05) is 0 Å². The normalized spacial score (nSPS) is 35.8. The summed E-state index contributed by atoms with van der Waals surface area (Å²) >= 11 is 0. The van der Waals surface area contributed by atoms with Gasteiger partial charge in [0.05, 0.1) is 34.7 Å². The van der Waals surface area contributed by atoms with E-state index in [-0.39, 0.29) is 5.69 Å². The minimum Gasteiger partial charge on any atom is -0.305 e. The Hall–Kier alpha value is -2.40. The molecular formula is C18H16F3N3O2. The topological polar surface area (TPSA) is 73.2 Å². The summed E-state index contributed by atoms with van der Waals surface area (Å²) in [6.45, 7) is 3.77. The van der Waals surface area contributed by atoms with Crippen LogP contribution >= 0.6 is 0 Å². The fourth-order valence-corrected chi connectivity index (χ4v) is 4.97. The number of anilines is 1. The molecule has 3 saturated heterocycles. The summed E-state index contributed by atoms with van der Waals surface area (Å²) in [5.41, 5.74) is -2.87. The number of alkyl halides is 3. The van der Waals surface area contributed by atoms with Gasteiger partial charge in [0, 0.05) is 11.1 Å². The first-order valence-corrected chi connectivity index (χ1v) is 8.30. The highest BCUT2D eigenvalue weighted by atomic mass is 19.4. The monoisotopic (exact) mass is 363 g/mol. The highest BCUT2D eigenvalue weighted by Crippen LogP contribution is 2.56. The number of halogens is 3. The van der Waals surface area contributed by atoms with E-state index in [4.69, 9.17) is 5.26 Å². The lowest BCUT2D eigenvalue weighted by Crippen LogP contribution is -2.47. The Balaban J connectivity index is 1.80. The Bertz CT molecular complexity index is 857. The molecule has 0 spiro atoms. The number of nitrogens with zero attached hydrogens (tertiary/aromatic N) is 2. The van der Waals surface area contributed by atoms with Gasteiger partial charge in [0.25, 0.3) is 0 Å². The van der Waals surface area contributed by atoms with Crippen LogP contribution in [0, 0.1) is 23.2 Å². The van der Waals surface area contributed by atoms with Gasteiger partial charge in [-0.15, -0.1) is 0 Å². The van der Waals surface area contributed by atoms with Gasteiger partial charge in [0.1, 0.15) is 0 Å². The SMILES string of the molecule is CC12CCC(C)(N1)[C@H]1C(=O)N(c3ccc(C#N)c(C(F)(F)F)c3)C(=O)[C@H]12. The Kier molecular flexibility index (Phi) is 3.18. The van der Waals surface area contributed by atoms with Gasteiger partial charge >= 0.3 is 6.18 Å². The molecule has 0 saturated carbocycles. The predicted molar refractivity (Wildman–Crippen MR) is 84.8 cm³/mol. The molecule has 0 radical (unpaired) electrons. The van der Waals surface area contributed by atoms with Crippen LogP contribution in [0.25, 0.3) is 0 Å². The average Bonchev–Trinajstić information content (AvgIpc) is 3.10. The van der Waals surface area contributed by atoms with E-state index in [0.29, 0.717) is 0 Å². The summed E-state index contributed by atoms with van der Waals surface area (Å²) in [6.07, 6.45) is -3.28. The fraction of sp³-hybridized carbons (Fsp3) is 0.500. The second-order valence-electron chi connectivity index (χ2n) is 7.77. The fourth-order valence-electron chi connectivity index (χ4n) is 4.97. The number of imide groups is 1. The van der Waals surface area contributed by atoms with Gasteiger partial charge in [0.2, 0.25) is 11.8 Å². The molecule has 0 aliphatic carbocycles. The van der Waals surface area contributed by atoms with Crippen molar-refractivity contribution in [2.45, 2.75) is 43.9 Å². The summed E-state index contributed by atoms with van der Waals surface area (Å²) in [5.74, 6) is -2.12. The summed E-state index contributed by atoms with van der Waals surface area (Å²) in [5, 5.41) is 12.3. The molecule has 3 aliphatic rings. The van der Waals surface area contributed by atoms with Crippen LogP contribution in [0.4, 0.5) is 18.9 Å². The average molecular weight is 363 g/mol. The molecule has 1 N–H and O–H groups in total. The van der Waals surface area contributed by atoms with Gasteiger partial charge in [-0.05, 0) is 44.9 Å². The van der Waals surface area contributed by atoms with Crippen LogP contribution in [-0.4, -0.2) is 22.9 Å². The van der Waals surface area contributed by atoms with E-state index in [2.05, 4.69) is 5.32 Å². The van der Waals surface area contributed by atoms with E-state index in [1.54, 1.807) is 0 Å². The molecule has 2 bridgehead atoms. The molecule has 8 heteroatoms. The maximum Gasteiger partial charge on any atom is 0.417 e. The molecule has 0 aromatic heterocycles. The van der Waals surface area contributed by atoms with Crippen LogP contribution < -0.4 is 10.2 Å². The lowest BCUT2D eigenvalue weighted by Gasteiger charge is -2.29. The Labute approximate surface area is 147 Å². The first kappa shape index (κ1) is 17.0. The van der Waals surface area contributed by atoms with Crippen molar-refractivity contribution in [2.75, 3.05) is 4.90 Å². The second kappa shape index (κ2) is 4.86. The van der Waals surface area contributed by atoms with Crippen LogP contribution in [-0.2, 0) is 15.8 Å². The predicted octanol–water partition coefficient (Wildman–Crippen LogP) is 2.60. The van der Waals surface area contributed by atoms with Crippen molar-refractivity contribution in [2.24, 2.45) is 11.8 Å². The van der Waals surface area contributed by atoms with E-state index >= 15 is 0 Å². The lowest BCUT2D eigenvalue weighted by atomic mass is 9.69. The summed E-state index contributed by atoms with van der Waals surface area (Å²) in [6, 6.07) is 4.45. The molecular weight excluding hydrogens is 347 g/mol. The number of carbonyl (C=O) groups excluding carboxylic acids is 2. The van der Waals surface area contributed by atoms with Crippen LogP contribution in [0.3, 0.4) is 0 Å². The highest BCUT2D eigenvalue weighted by Gasteiger charge is 2.71. The molecule has 26 heavy (non-hydrogen) atoms. The third kappa shape index (κ3) is 2.01. The number of hydrogen-bond acceptors (Lipinski definition) is 4. The van der Waals surface area contributed by atoms with Crippen molar-refractivity contribution in [3.05, 3.63) is 29.3 Å². The van der Waals surface area contributed by atoms with Crippen molar-refractivity contribution in [1.29, 1.82) is 5.26 Å². The molecule has 1 aromatic carbocycles. The number of fused-ring (bicyclic) bond motifs is 5. The maximum atomic E-state index is 13.2. The quantitative estimate of drug-likeness (QED) is 0.779. The minimum atomic E-state index is -4.75. The van der Waals surface area contributed by atoms with E-state index in [1.165, 1.54) is 12.1 Å². The number of hydrogen-bond donors (Lipinski definition) is 1. The number of nitrogens with one attached hydrogen (secondary N) is 1. The lowest BCUT2D eigenvalue weighted by molar-refractivity contribution is -0.138.